The number of carbonyl (C=O) groups excluding carboxylic acids is 1. The van der Waals surface area contributed by atoms with Crippen LogP contribution >= 0.6 is 23.2 Å². The van der Waals surface area contributed by atoms with Crippen LogP contribution in [0.2, 0.25) is 10.0 Å². The average Bonchev–Trinajstić information content (AvgIpc) is 3.12. The minimum absolute atomic E-state index is 0.320. The molecule has 1 amide bonds. The summed E-state index contributed by atoms with van der Waals surface area (Å²) in [7, 11) is 0. The number of hydrogen-bond acceptors (Lipinski definition) is 5. The molecule has 1 aliphatic heterocycles. The third-order valence-electron chi connectivity index (χ3n) is 4.22. The van der Waals surface area contributed by atoms with Gasteiger partial charge in [-0.15, -0.1) is 0 Å². The number of nitrogens with zero attached hydrogens (tertiary/aromatic N) is 4. The van der Waals surface area contributed by atoms with Gasteiger partial charge in [0.15, 0.2) is 0 Å². The molecule has 1 atom stereocenters. The second-order valence-electron chi connectivity index (χ2n) is 5.96. The van der Waals surface area contributed by atoms with Crippen molar-refractivity contribution in [2.24, 2.45) is 0 Å². The number of allylic oxidation sites excluding steroid dienone is 1. The molecule has 0 bridgehead atoms. The number of pyridine rings is 1. The molecule has 1 aliphatic rings. The summed E-state index contributed by atoms with van der Waals surface area (Å²) < 4.78 is 1.65. The zero-order chi connectivity index (χ0) is 19.0. The molecule has 0 spiro atoms. The highest BCUT2D eigenvalue weighted by Gasteiger charge is 2.33. The highest BCUT2D eigenvalue weighted by atomic mass is 35.5. The van der Waals surface area contributed by atoms with E-state index in [4.69, 9.17) is 23.2 Å². The fraction of sp³-hybridized carbons (Fsp3) is 0.111. The summed E-state index contributed by atoms with van der Waals surface area (Å²) in [6.45, 7) is 1.82. The van der Waals surface area contributed by atoms with Crippen LogP contribution in [0.1, 0.15) is 18.5 Å². The molecule has 1 unspecified atom stereocenters. The Hall–Kier alpha value is -2.90. The lowest BCUT2D eigenvalue weighted by molar-refractivity contribution is -0.113. The fourth-order valence-corrected chi connectivity index (χ4v) is 3.35. The summed E-state index contributed by atoms with van der Waals surface area (Å²) in [5.74, 6) is 0.234. The second kappa shape index (κ2) is 7.02. The summed E-state index contributed by atoms with van der Waals surface area (Å²) >= 11 is 12.2. The largest absolute Gasteiger partial charge is 0.328 e. The first-order valence-electron chi connectivity index (χ1n) is 8.08. The van der Waals surface area contributed by atoms with E-state index in [1.807, 2.05) is 19.1 Å². The predicted molar refractivity (Wildman–Crippen MR) is 104 cm³/mol. The smallest absolute Gasteiger partial charge is 0.255 e. The van der Waals surface area contributed by atoms with Gasteiger partial charge in [-0.1, -0.05) is 29.3 Å². The number of rotatable bonds is 3. The normalized spacial score (nSPS) is 15.9. The standard InChI is InChI=1S/C18H14Cl2N6O/c1-10-15(17(27)25-14-7-12(19)4-5-13(14)20)16(11-3-2-6-21-8-11)26-18(24-10)22-9-23-26/h2-9,16H,1H3,(H,25,27)(H,22,23,24). The lowest BCUT2D eigenvalue weighted by atomic mass is 9.96. The van der Waals surface area contributed by atoms with E-state index in [9.17, 15) is 4.79 Å². The highest BCUT2D eigenvalue weighted by molar-refractivity contribution is 6.35. The van der Waals surface area contributed by atoms with Gasteiger partial charge >= 0.3 is 0 Å². The Balaban J connectivity index is 1.77. The lowest BCUT2D eigenvalue weighted by Crippen LogP contribution is -2.31. The van der Waals surface area contributed by atoms with Crippen molar-refractivity contribution in [2.45, 2.75) is 13.0 Å². The van der Waals surface area contributed by atoms with Gasteiger partial charge in [-0.2, -0.15) is 10.1 Å². The number of nitrogens with one attached hydrogen (secondary N) is 2. The molecule has 3 aromatic rings. The molecule has 0 aliphatic carbocycles. The zero-order valence-corrected chi connectivity index (χ0v) is 15.7. The van der Waals surface area contributed by atoms with Crippen molar-refractivity contribution in [2.75, 3.05) is 10.6 Å². The molecular weight excluding hydrogens is 387 g/mol. The maximum absolute atomic E-state index is 13.2. The number of fused-ring (bicyclic) bond motifs is 1. The number of halogens is 2. The minimum atomic E-state index is -0.476. The molecular formula is C18H14Cl2N6O. The van der Waals surface area contributed by atoms with Crippen molar-refractivity contribution >= 4 is 40.7 Å². The van der Waals surface area contributed by atoms with Crippen LogP contribution in [0.4, 0.5) is 11.6 Å². The third kappa shape index (κ3) is 3.27. The first-order valence-corrected chi connectivity index (χ1v) is 8.84. The molecule has 27 heavy (non-hydrogen) atoms. The summed E-state index contributed by atoms with van der Waals surface area (Å²) in [5, 5.41) is 11.1. The number of aromatic nitrogens is 4. The SMILES string of the molecule is CC1=C(C(=O)Nc2cc(Cl)ccc2Cl)C(c2cccnc2)n2ncnc2N1. The van der Waals surface area contributed by atoms with Crippen LogP contribution in [0, 0.1) is 0 Å². The summed E-state index contributed by atoms with van der Waals surface area (Å²) in [4.78, 5) is 21.5. The first-order chi connectivity index (χ1) is 13.0. The van der Waals surface area contributed by atoms with E-state index in [2.05, 4.69) is 25.7 Å². The number of amides is 1. The third-order valence-corrected chi connectivity index (χ3v) is 4.78. The van der Waals surface area contributed by atoms with E-state index in [-0.39, 0.29) is 5.91 Å². The molecule has 9 heteroatoms. The van der Waals surface area contributed by atoms with Crippen molar-refractivity contribution in [1.82, 2.24) is 19.7 Å². The maximum atomic E-state index is 13.2. The van der Waals surface area contributed by atoms with Crippen molar-refractivity contribution in [1.29, 1.82) is 0 Å². The predicted octanol–water partition coefficient (Wildman–Crippen LogP) is 3.91. The van der Waals surface area contributed by atoms with Gasteiger partial charge in [0.2, 0.25) is 5.95 Å². The van der Waals surface area contributed by atoms with E-state index in [1.54, 1.807) is 35.3 Å². The minimum Gasteiger partial charge on any atom is -0.328 e. The monoisotopic (exact) mass is 400 g/mol. The van der Waals surface area contributed by atoms with Crippen molar-refractivity contribution in [3.05, 3.63) is 75.9 Å². The van der Waals surface area contributed by atoms with E-state index in [0.29, 0.717) is 33.0 Å². The Morgan fingerprint density at radius 2 is 2.15 bits per heavy atom. The van der Waals surface area contributed by atoms with Gasteiger partial charge in [0.25, 0.3) is 5.91 Å². The van der Waals surface area contributed by atoms with Gasteiger partial charge in [-0.05, 0) is 36.8 Å². The average molecular weight is 401 g/mol. The van der Waals surface area contributed by atoms with Crippen LogP contribution < -0.4 is 10.6 Å². The number of hydrogen-bond donors (Lipinski definition) is 2. The molecule has 0 saturated heterocycles. The Labute approximate surface area is 165 Å². The quantitative estimate of drug-likeness (QED) is 0.695. The van der Waals surface area contributed by atoms with Crippen LogP contribution in [0.15, 0.2) is 60.3 Å². The Bertz CT molecular complexity index is 1050. The van der Waals surface area contributed by atoms with Gasteiger partial charge in [0.05, 0.1) is 16.3 Å². The van der Waals surface area contributed by atoms with Crippen LogP contribution in [0.5, 0.6) is 0 Å². The van der Waals surface area contributed by atoms with Crippen LogP contribution in [-0.2, 0) is 4.79 Å². The van der Waals surface area contributed by atoms with Gasteiger partial charge in [0.1, 0.15) is 12.4 Å². The van der Waals surface area contributed by atoms with Crippen molar-refractivity contribution in [3.63, 3.8) is 0 Å². The van der Waals surface area contributed by atoms with Crippen LogP contribution in [0.3, 0.4) is 0 Å². The molecule has 4 rings (SSSR count). The molecule has 2 N–H and O–H groups in total. The lowest BCUT2D eigenvalue weighted by Gasteiger charge is -2.28. The van der Waals surface area contributed by atoms with E-state index in [0.717, 1.165) is 5.56 Å². The van der Waals surface area contributed by atoms with Gasteiger partial charge in [-0.25, -0.2) is 4.68 Å². The fourth-order valence-electron chi connectivity index (χ4n) is 3.01. The molecule has 3 heterocycles. The number of carbonyl (C=O) groups is 1. The van der Waals surface area contributed by atoms with Crippen molar-refractivity contribution < 1.29 is 4.79 Å². The molecule has 0 radical (unpaired) electrons. The molecule has 0 saturated carbocycles. The molecule has 136 valence electrons. The molecule has 0 fully saturated rings. The Kier molecular flexibility index (Phi) is 4.55. The zero-order valence-electron chi connectivity index (χ0n) is 14.1. The van der Waals surface area contributed by atoms with E-state index in [1.165, 1.54) is 6.33 Å². The number of anilines is 2. The van der Waals surface area contributed by atoms with Gasteiger partial charge in [0, 0.05) is 23.1 Å². The second-order valence-corrected chi connectivity index (χ2v) is 6.80. The Morgan fingerprint density at radius 1 is 1.30 bits per heavy atom. The molecule has 2 aromatic heterocycles. The topological polar surface area (TPSA) is 84.7 Å². The van der Waals surface area contributed by atoms with Crippen molar-refractivity contribution in [3.8, 4) is 0 Å². The van der Waals surface area contributed by atoms with Crippen LogP contribution in [0.25, 0.3) is 0 Å². The summed E-state index contributed by atoms with van der Waals surface area (Å²) in [6, 6.07) is 8.12. The van der Waals surface area contributed by atoms with Gasteiger partial charge in [-0.3, -0.25) is 9.78 Å². The van der Waals surface area contributed by atoms with Crippen LogP contribution in [-0.4, -0.2) is 25.7 Å². The van der Waals surface area contributed by atoms with E-state index >= 15 is 0 Å². The highest BCUT2D eigenvalue weighted by Crippen LogP contribution is 2.35. The Morgan fingerprint density at radius 3 is 2.93 bits per heavy atom. The molecule has 1 aromatic carbocycles. The maximum Gasteiger partial charge on any atom is 0.255 e. The summed E-state index contributed by atoms with van der Waals surface area (Å²) in [6.07, 6.45) is 4.82. The summed E-state index contributed by atoms with van der Waals surface area (Å²) in [5.41, 5.74) is 2.40. The number of benzene rings is 1. The van der Waals surface area contributed by atoms with Gasteiger partial charge < -0.3 is 10.6 Å². The van der Waals surface area contributed by atoms with E-state index < -0.39 is 6.04 Å². The molecule has 7 nitrogen and oxygen atoms in total. The first kappa shape index (κ1) is 17.5.